The van der Waals surface area contributed by atoms with Crippen LogP contribution in [0.2, 0.25) is 0 Å². The van der Waals surface area contributed by atoms with Gasteiger partial charge in [0.1, 0.15) is 22.7 Å². The summed E-state index contributed by atoms with van der Waals surface area (Å²) >= 11 is 0. The molecule has 2 aliphatic rings. The van der Waals surface area contributed by atoms with Crippen LogP contribution < -0.4 is 10.6 Å². The van der Waals surface area contributed by atoms with E-state index in [1.807, 2.05) is 0 Å². The Morgan fingerprint density at radius 3 is 1.55 bits per heavy atom. The van der Waals surface area contributed by atoms with Crippen molar-refractivity contribution in [3.63, 3.8) is 0 Å². The molecule has 22 heavy (non-hydrogen) atoms. The van der Waals surface area contributed by atoms with Crippen molar-refractivity contribution in [2.45, 2.75) is 64.5 Å². The van der Waals surface area contributed by atoms with Crippen molar-refractivity contribution in [3.05, 3.63) is 0 Å². The summed E-state index contributed by atoms with van der Waals surface area (Å²) < 4.78 is 0. The third kappa shape index (κ3) is 4.52. The van der Waals surface area contributed by atoms with Crippen LogP contribution >= 0.6 is 0 Å². The van der Waals surface area contributed by atoms with Crippen molar-refractivity contribution in [1.82, 2.24) is 10.6 Å². The molecule has 0 aliphatic carbocycles. The summed E-state index contributed by atoms with van der Waals surface area (Å²) in [4.78, 5) is 9.26. The average Bonchev–Trinajstić information content (AvgIpc) is 2.90. The van der Waals surface area contributed by atoms with E-state index >= 15 is 0 Å². The molecule has 6 heteroatoms. The van der Waals surface area contributed by atoms with Crippen molar-refractivity contribution in [2.75, 3.05) is 26.2 Å². The number of hydrogen-bond acceptors (Lipinski definition) is 6. The molecule has 0 radical (unpaired) electrons. The molecular weight excluding hydrogens is 276 g/mol. The Hall–Kier alpha value is -1.46. The monoisotopic (exact) mass is 306 g/mol. The first-order valence-corrected chi connectivity index (χ1v) is 8.43. The van der Waals surface area contributed by atoms with Gasteiger partial charge in [-0.25, -0.2) is 0 Å². The molecule has 0 aromatic heterocycles. The van der Waals surface area contributed by atoms with E-state index in [4.69, 9.17) is 0 Å². The minimum absolute atomic E-state index is 0.424. The standard InChI is InChI=1S/C16H30N6/c1-15(2,13-17-9-5-6-10-18-13)21-22-16(3,4)14-19-11-7-8-12-20-14/h5-12H2,1-4H3,(H,17,18)(H,19,20). The van der Waals surface area contributed by atoms with E-state index in [1.165, 1.54) is 0 Å². The van der Waals surface area contributed by atoms with Crippen molar-refractivity contribution in [2.24, 2.45) is 20.2 Å². The molecule has 0 aromatic carbocycles. The number of azo groups is 1. The number of hydrogen-bond donors (Lipinski definition) is 2. The molecule has 0 atom stereocenters. The smallest absolute Gasteiger partial charge is 0.133 e. The Labute approximate surface area is 134 Å². The highest BCUT2D eigenvalue weighted by Gasteiger charge is 2.30. The molecule has 2 aliphatic heterocycles. The maximum absolute atomic E-state index is 4.63. The number of amidine groups is 2. The van der Waals surface area contributed by atoms with Crippen LogP contribution in [-0.4, -0.2) is 48.9 Å². The Morgan fingerprint density at radius 2 is 1.14 bits per heavy atom. The molecule has 0 aromatic rings. The fourth-order valence-corrected chi connectivity index (χ4v) is 2.54. The summed E-state index contributed by atoms with van der Waals surface area (Å²) in [7, 11) is 0. The molecule has 0 fully saturated rings. The molecule has 0 saturated carbocycles. The number of aliphatic imine (C=N–C) groups is 2. The van der Waals surface area contributed by atoms with E-state index in [-0.39, 0.29) is 0 Å². The summed E-state index contributed by atoms with van der Waals surface area (Å²) in [5.74, 6) is 1.89. The fourth-order valence-electron chi connectivity index (χ4n) is 2.54. The zero-order chi connectivity index (χ0) is 16.1. The van der Waals surface area contributed by atoms with Gasteiger partial charge in [0.25, 0.3) is 0 Å². The van der Waals surface area contributed by atoms with Crippen molar-refractivity contribution in [3.8, 4) is 0 Å². The third-order valence-corrected chi connectivity index (χ3v) is 4.00. The van der Waals surface area contributed by atoms with Crippen LogP contribution in [0.15, 0.2) is 20.2 Å². The van der Waals surface area contributed by atoms with Gasteiger partial charge < -0.3 is 10.6 Å². The summed E-state index contributed by atoms with van der Waals surface area (Å²) in [6.45, 7) is 11.9. The largest absolute Gasteiger partial charge is 0.372 e. The summed E-state index contributed by atoms with van der Waals surface area (Å²) in [5.41, 5.74) is -0.847. The van der Waals surface area contributed by atoms with Gasteiger partial charge in [0, 0.05) is 26.2 Å². The van der Waals surface area contributed by atoms with E-state index in [0.717, 1.165) is 63.5 Å². The maximum atomic E-state index is 4.63. The van der Waals surface area contributed by atoms with Gasteiger partial charge in [-0.15, -0.1) is 0 Å². The van der Waals surface area contributed by atoms with E-state index < -0.39 is 11.1 Å². The SMILES string of the molecule is CC(C)(N=NC(C)(C)C1=NCCCCN1)C1=NCCCCN1. The van der Waals surface area contributed by atoms with Gasteiger partial charge in [0.05, 0.1) is 0 Å². The normalized spacial score (nSPS) is 21.3. The van der Waals surface area contributed by atoms with Gasteiger partial charge in [-0.1, -0.05) is 0 Å². The molecular formula is C16H30N6. The van der Waals surface area contributed by atoms with Gasteiger partial charge in [0.2, 0.25) is 0 Å². The first kappa shape index (κ1) is 16.9. The molecule has 6 nitrogen and oxygen atoms in total. The van der Waals surface area contributed by atoms with E-state index in [1.54, 1.807) is 0 Å². The zero-order valence-corrected chi connectivity index (χ0v) is 14.4. The van der Waals surface area contributed by atoms with E-state index in [9.17, 15) is 0 Å². The third-order valence-electron chi connectivity index (χ3n) is 4.00. The molecule has 0 amide bonds. The first-order chi connectivity index (χ1) is 10.4. The van der Waals surface area contributed by atoms with Crippen molar-refractivity contribution in [1.29, 1.82) is 0 Å². The Morgan fingerprint density at radius 1 is 0.727 bits per heavy atom. The first-order valence-electron chi connectivity index (χ1n) is 8.43. The van der Waals surface area contributed by atoms with Gasteiger partial charge in [-0.2, -0.15) is 10.2 Å². The second-order valence-electron chi connectivity index (χ2n) is 7.05. The average molecular weight is 306 g/mol. The van der Waals surface area contributed by atoms with Crippen LogP contribution in [-0.2, 0) is 0 Å². The Bertz CT molecular complexity index is 419. The van der Waals surface area contributed by atoms with Crippen LogP contribution in [0.4, 0.5) is 0 Å². The minimum Gasteiger partial charge on any atom is -0.372 e. The molecule has 0 unspecified atom stereocenters. The summed E-state index contributed by atoms with van der Waals surface area (Å²) in [5, 5.41) is 16.0. The van der Waals surface area contributed by atoms with Gasteiger partial charge in [-0.05, 0) is 53.4 Å². The highest BCUT2D eigenvalue weighted by molar-refractivity contribution is 5.92. The molecule has 2 rings (SSSR count). The highest BCUT2D eigenvalue weighted by Crippen LogP contribution is 2.19. The second kappa shape index (κ2) is 7.20. The predicted octanol–water partition coefficient (Wildman–Crippen LogP) is 2.56. The van der Waals surface area contributed by atoms with Crippen LogP contribution in [0.25, 0.3) is 0 Å². The van der Waals surface area contributed by atoms with Gasteiger partial charge in [-0.3, -0.25) is 9.98 Å². The van der Waals surface area contributed by atoms with Gasteiger partial charge in [0.15, 0.2) is 0 Å². The molecule has 2 heterocycles. The minimum atomic E-state index is -0.424. The molecule has 124 valence electrons. The second-order valence-corrected chi connectivity index (χ2v) is 7.05. The topological polar surface area (TPSA) is 73.5 Å². The molecule has 0 spiro atoms. The highest BCUT2D eigenvalue weighted by atomic mass is 15.2. The van der Waals surface area contributed by atoms with Crippen LogP contribution in [0.5, 0.6) is 0 Å². The fraction of sp³-hybridized carbons (Fsp3) is 0.875. The number of nitrogens with one attached hydrogen (secondary N) is 2. The van der Waals surface area contributed by atoms with Crippen molar-refractivity contribution >= 4 is 11.7 Å². The molecule has 0 bridgehead atoms. The Balaban J connectivity index is 2.10. The predicted molar refractivity (Wildman–Crippen MR) is 92.1 cm³/mol. The van der Waals surface area contributed by atoms with Gasteiger partial charge >= 0.3 is 0 Å². The van der Waals surface area contributed by atoms with Crippen LogP contribution in [0.1, 0.15) is 53.4 Å². The Kier molecular flexibility index (Phi) is 5.53. The summed E-state index contributed by atoms with van der Waals surface area (Å²) in [6, 6.07) is 0. The van der Waals surface area contributed by atoms with Crippen molar-refractivity contribution < 1.29 is 0 Å². The number of rotatable bonds is 4. The molecule has 0 saturated heterocycles. The van der Waals surface area contributed by atoms with Crippen LogP contribution in [0.3, 0.4) is 0 Å². The summed E-state index contributed by atoms with van der Waals surface area (Å²) in [6.07, 6.45) is 4.59. The van der Waals surface area contributed by atoms with Crippen LogP contribution in [0, 0.1) is 0 Å². The number of nitrogens with zero attached hydrogens (tertiary/aromatic N) is 4. The van der Waals surface area contributed by atoms with E-state index in [0.29, 0.717) is 0 Å². The lowest BCUT2D eigenvalue weighted by Gasteiger charge is -2.26. The quantitative estimate of drug-likeness (QED) is 0.783. The lowest BCUT2D eigenvalue weighted by atomic mass is 10.0. The molecule has 2 N–H and O–H groups in total. The zero-order valence-electron chi connectivity index (χ0n) is 14.4. The lowest BCUT2D eigenvalue weighted by molar-refractivity contribution is 0.545. The van der Waals surface area contributed by atoms with E-state index in [2.05, 4.69) is 58.5 Å². The lowest BCUT2D eigenvalue weighted by Crippen LogP contribution is -2.43. The maximum Gasteiger partial charge on any atom is 0.133 e.